The van der Waals surface area contributed by atoms with Crippen molar-refractivity contribution in [2.45, 2.75) is 6.61 Å². The lowest BCUT2D eigenvalue weighted by atomic mass is 10.1. The second kappa shape index (κ2) is 7.48. The van der Waals surface area contributed by atoms with E-state index >= 15 is 0 Å². The molecule has 0 aliphatic carbocycles. The number of benzene rings is 2. The standard InChI is InChI=1S/C18H12N2O7/c21-18(26-11-12-2-1-3-15(10-12)20(24)25)17-9-8-16(27-17)13-4-6-14(7-5-13)19(22)23/h1-10H,11H2. The lowest BCUT2D eigenvalue weighted by Crippen LogP contribution is -2.04. The van der Waals surface area contributed by atoms with Crippen LogP contribution in [0.3, 0.4) is 0 Å². The van der Waals surface area contributed by atoms with Gasteiger partial charge in [0.05, 0.1) is 9.85 Å². The number of carbonyl (C=O) groups is 1. The third-order valence-electron chi connectivity index (χ3n) is 3.66. The zero-order valence-electron chi connectivity index (χ0n) is 13.7. The molecule has 1 heterocycles. The Morgan fingerprint density at radius 1 is 0.926 bits per heavy atom. The smallest absolute Gasteiger partial charge is 0.374 e. The maximum atomic E-state index is 12.1. The number of carbonyl (C=O) groups excluding carboxylic acids is 1. The maximum absolute atomic E-state index is 12.1. The van der Waals surface area contributed by atoms with Crippen LogP contribution in [0.15, 0.2) is 65.1 Å². The Bertz CT molecular complexity index is 1010. The summed E-state index contributed by atoms with van der Waals surface area (Å²) in [5.41, 5.74) is 0.891. The number of esters is 1. The van der Waals surface area contributed by atoms with Gasteiger partial charge in [-0.25, -0.2) is 4.79 Å². The van der Waals surface area contributed by atoms with E-state index in [4.69, 9.17) is 9.15 Å². The fourth-order valence-electron chi connectivity index (χ4n) is 2.33. The highest BCUT2D eigenvalue weighted by atomic mass is 16.6. The molecule has 0 N–H and O–H groups in total. The van der Waals surface area contributed by atoms with E-state index in [1.807, 2.05) is 0 Å². The summed E-state index contributed by atoms with van der Waals surface area (Å²) in [7, 11) is 0. The van der Waals surface area contributed by atoms with E-state index in [9.17, 15) is 25.0 Å². The van der Waals surface area contributed by atoms with Gasteiger partial charge < -0.3 is 9.15 Å². The third-order valence-corrected chi connectivity index (χ3v) is 3.66. The molecule has 0 bridgehead atoms. The Morgan fingerprint density at radius 3 is 2.30 bits per heavy atom. The molecule has 0 spiro atoms. The van der Waals surface area contributed by atoms with Gasteiger partial charge in [-0.15, -0.1) is 0 Å². The van der Waals surface area contributed by atoms with Gasteiger partial charge in [0.15, 0.2) is 0 Å². The highest BCUT2D eigenvalue weighted by Crippen LogP contribution is 2.25. The van der Waals surface area contributed by atoms with E-state index in [1.54, 1.807) is 12.1 Å². The van der Waals surface area contributed by atoms with Crippen molar-refractivity contribution in [3.63, 3.8) is 0 Å². The van der Waals surface area contributed by atoms with Crippen LogP contribution in [0.1, 0.15) is 16.1 Å². The summed E-state index contributed by atoms with van der Waals surface area (Å²) < 4.78 is 10.5. The third kappa shape index (κ3) is 4.15. The van der Waals surface area contributed by atoms with E-state index in [-0.39, 0.29) is 23.7 Å². The zero-order valence-corrected chi connectivity index (χ0v) is 13.7. The van der Waals surface area contributed by atoms with Crippen molar-refractivity contribution < 1.29 is 23.8 Å². The minimum atomic E-state index is -0.727. The van der Waals surface area contributed by atoms with Crippen molar-refractivity contribution in [1.29, 1.82) is 0 Å². The van der Waals surface area contributed by atoms with Gasteiger partial charge in [-0.1, -0.05) is 12.1 Å². The van der Waals surface area contributed by atoms with Gasteiger partial charge in [-0.2, -0.15) is 0 Å². The Balaban J connectivity index is 1.67. The average molecular weight is 368 g/mol. The van der Waals surface area contributed by atoms with Crippen LogP contribution in [-0.4, -0.2) is 15.8 Å². The first-order valence-corrected chi connectivity index (χ1v) is 7.69. The highest BCUT2D eigenvalue weighted by molar-refractivity contribution is 5.87. The van der Waals surface area contributed by atoms with Crippen molar-refractivity contribution in [1.82, 2.24) is 0 Å². The van der Waals surface area contributed by atoms with E-state index in [0.29, 0.717) is 16.9 Å². The molecular formula is C18H12N2O7. The lowest BCUT2D eigenvalue weighted by Gasteiger charge is -2.03. The monoisotopic (exact) mass is 368 g/mol. The molecule has 0 aliphatic heterocycles. The molecule has 3 aromatic rings. The molecule has 136 valence electrons. The molecule has 3 rings (SSSR count). The number of nitro benzene ring substituents is 2. The summed E-state index contributed by atoms with van der Waals surface area (Å²) in [5, 5.41) is 21.4. The van der Waals surface area contributed by atoms with Crippen molar-refractivity contribution in [3.05, 3.63) is 92.2 Å². The minimum Gasteiger partial charge on any atom is -0.455 e. The molecule has 9 nitrogen and oxygen atoms in total. The van der Waals surface area contributed by atoms with Crippen LogP contribution in [0.4, 0.5) is 11.4 Å². The van der Waals surface area contributed by atoms with Crippen LogP contribution in [-0.2, 0) is 11.3 Å². The fraction of sp³-hybridized carbons (Fsp3) is 0.0556. The molecule has 0 amide bonds. The number of rotatable bonds is 6. The van der Waals surface area contributed by atoms with Gasteiger partial charge in [-0.3, -0.25) is 20.2 Å². The molecule has 0 unspecified atom stereocenters. The molecule has 1 aromatic heterocycles. The highest BCUT2D eigenvalue weighted by Gasteiger charge is 2.15. The SMILES string of the molecule is O=C(OCc1cccc([N+](=O)[O-])c1)c1ccc(-c2ccc([N+](=O)[O-])cc2)o1. The minimum absolute atomic E-state index is 0.0474. The topological polar surface area (TPSA) is 126 Å². The van der Waals surface area contributed by atoms with E-state index in [1.165, 1.54) is 48.5 Å². The molecule has 0 saturated carbocycles. The summed E-state index contributed by atoms with van der Waals surface area (Å²) in [6, 6.07) is 14.4. The first-order chi connectivity index (χ1) is 12.9. The maximum Gasteiger partial charge on any atom is 0.374 e. The summed E-state index contributed by atoms with van der Waals surface area (Å²) in [6.45, 7) is -0.145. The molecule has 0 aliphatic rings. The number of ether oxygens (including phenoxy) is 1. The average Bonchev–Trinajstić information content (AvgIpc) is 3.16. The number of non-ortho nitro benzene ring substituents is 2. The van der Waals surface area contributed by atoms with Gasteiger partial charge in [0.1, 0.15) is 12.4 Å². The zero-order chi connectivity index (χ0) is 19.4. The lowest BCUT2D eigenvalue weighted by molar-refractivity contribution is -0.385. The molecule has 0 saturated heterocycles. The molecule has 0 fully saturated rings. The van der Waals surface area contributed by atoms with Crippen LogP contribution in [0.25, 0.3) is 11.3 Å². The molecular weight excluding hydrogens is 356 g/mol. The van der Waals surface area contributed by atoms with Gasteiger partial charge >= 0.3 is 5.97 Å². The summed E-state index contributed by atoms with van der Waals surface area (Å²) in [4.78, 5) is 32.5. The van der Waals surface area contributed by atoms with E-state index in [0.717, 1.165) is 0 Å². The molecule has 0 radical (unpaired) electrons. The molecule has 9 heteroatoms. The van der Waals surface area contributed by atoms with Gasteiger partial charge in [0.25, 0.3) is 11.4 Å². The molecule has 27 heavy (non-hydrogen) atoms. The number of nitrogens with zero attached hydrogens (tertiary/aromatic N) is 2. The van der Waals surface area contributed by atoms with E-state index < -0.39 is 15.8 Å². The van der Waals surface area contributed by atoms with Gasteiger partial charge in [-0.05, 0) is 29.8 Å². The molecule has 2 aromatic carbocycles. The van der Waals surface area contributed by atoms with Gasteiger partial charge in [0.2, 0.25) is 5.76 Å². The van der Waals surface area contributed by atoms with Crippen molar-refractivity contribution in [2.75, 3.05) is 0 Å². The number of furan rings is 1. The number of hydrogen-bond donors (Lipinski definition) is 0. The predicted molar refractivity (Wildman–Crippen MR) is 93.0 cm³/mol. The van der Waals surface area contributed by atoms with Crippen LogP contribution < -0.4 is 0 Å². The summed E-state index contributed by atoms with van der Waals surface area (Å²) >= 11 is 0. The Kier molecular flexibility index (Phi) is 4.93. The Hall–Kier alpha value is -4.01. The van der Waals surface area contributed by atoms with Crippen LogP contribution >= 0.6 is 0 Å². The van der Waals surface area contributed by atoms with E-state index in [2.05, 4.69) is 0 Å². The number of nitro groups is 2. The molecule has 0 atom stereocenters. The summed E-state index contributed by atoms with van der Waals surface area (Å²) in [5.74, 6) is -0.421. The van der Waals surface area contributed by atoms with Crippen LogP contribution in [0, 0.1) is 20.2 Å². The fourth-order valence-corrected chi connectivity index (χ4v) is 2.33. The van der Waals surface area contributed by atoms with Gasteiger partial charge in [0, 0.05) is 29.8 Å². The van der Waals surface area contributed by atoms with Crippen molar-refractivity contribution >= 4 is 17.3 Å². The second-order valence-corrected chi connectivity index (χ2v) is 5.47. The normalized spacial score (nSPS) is 10.4. The largest absolute Gasteiger partial charge is 0.455 e. The van der Waals surface area contributed by atoms with Crippen LogP contribution in [0.5, 0.6) is 0 Å². The Labute approximate surface area is 152 Å². The quantitative estimate of drug-likeness (QED) is 0.364. The van der Waals surface area contributed by atoms with Crippen molar-refractivity contribution in [3.8, 4) is 11.3 Å². The number of hydrogen-bond acceptors (Lipinski definition) is 7. The first-order valence-electron chi connectivity index (χ1n) is 7.69. The summed E-state index contributed by atoms with van der Waals surface area (Å²) in [6.07, 6.45) is 0. The van der Waals surface area contributed by atoms with Crippen molar-refractivity contribution in [2.24, 2.45) is 0 Å². The second-order valence-electron chi connectivity index (χ2n) is 5.47. The van der Waals surface area contributed by atoms with Crippen LogP contribution in [0.2, 0.25) is 0 Å². The Morgan fingerprint density at radius 2 is 1.63 bits per heavy atom. The first kappa shape index (κ1) is 17.8. The predicted octanol–water partition coefficient (Wildman–Crippen LogP) is 4.12.